The van der Waals surface area contributed by atoms with Crippen LogP contribution in [0.4, 0.5) is 13.2 Å². The van der Waals surface area contributed by atoms with Gasteiger partial charge in [0.2, 0.25) is 0 Å². The fourth-order valence-corrected chi connectivity index (χ4v) is 2.87. The van der Waals surface area contributed by atoms with Gasteiger partial charge in [-0.3, -0.25) is 0 Å². The number of hydrogen-bond donors (Lipinski definition) is 0. The molecule has 0 bridgehead atoms. The molecule has 1 fully saturated rings. The van der Waals surface area contributed by atoms with Crippen LogP contribution < -0.4 is 4.74 Å². The SMILES string of the molecule is N#Cc1cc(O[C@H]2C[C@H](c3ccc(C(F)(F)F)cc3)C2)cc(Cl)n1. The van der Waals surface area contributed by atoms with Crippen molar-refractivity contribution in [2.75, 3.05) is 0 Å². The number of ether oxygens (including phenoxy) is 1. The molecule has 0 amide bonds. The van der Waals surface area contributed by atoms with Crippen molar-refractivity contribution < 1.29 is 17.9 Å². The minimum atomic E-state index is -4.32. The van der Waals surface area contributed by atoms with Crippen molar-refractivity contribution in [3.8, 4) is 11.8 Å². The second kappa shape index (κ2) is 6.33. The summed E-state index contributed by atoms with van der Waals surface area (Å²) in [7, 11) is 0. The third kappa shape index (κ3) is 3.62. The Morgan fingerprint density at radius 1 is 1.17 bits per heavy atom. The van der Waals surface area contributed by atoms with E-state index in [1.807, 2.05) is 6.07 Å². The number of nitrogens with zero attached hydrogens (tertiary/aromatic N) is 2. The van der Waals surface area contributed by atoms with Crippen LogP contribution in [0.15, 0.2) is 36.4 Å². The minimum absolute atomic E-state index is 0.0534. The van der Waals surface area contributed by atoms with E-state index < -0.39 is 11.7 Å². The normalized spacial score (nSPS) is 20.1. The van der Waals surface area contributed by atoms with Gasteiger partial charge in [0.15, 0.2) is 0 Å². The van der Waals surface area contributed by atoms with Gasteiger partial charge in [-0.25, -0.2) is 4.98 Å². The molecule has 3 rings (SSSR count). The van der Waals surface area contributed by atoms with E-state index in [0.29, 0.717) is 18.6 Å². The van der Waals surface area contributed by atoms with E-state index in [-0.39, 0.29) is 22.9 Å². The Kier molecular flexibility index (Phi) is 4.37. The largest absolute Gasteiger partial charge is 0.490 e. The second-order valence-electron chi connectivity index (χ2n) is 5.65. The van der Waals surface area contributed by atoms with Crippen LogP contribution in [0.5, 0.6) is 5.75 Å². The van der Waals surface area contributed by atoms with E-state index in [2.05, 4.69) is 4.98 Å². The Morgan fingerprint density at radius 2 is 1.83 bits per heavy atom. The number of rotatable bonds is 3. The van der Waals surface area contributed by atoms with Gasteiger partial charge in [-0.15, -0.1) is 0 Å². The molecule has 1 aromatic heterocycles. The number of alkyl halides is 3. The average Bonchev–Trinajstić information content (AvgIpc) is 2.49. The van der Waals surface area contributed by atoms with E-state index in [0.717, 1.165) is 17.7 Å². The molecule has 1 aliphatic carbocycles. The average molecular weight is 353 g/mol. The zero-order valence-corrected chi connectivity index (χ0v) is 13.1. The number of benzene rings is 1. The lowest BCUT2D eigenvalue weighted by atomic mass is 9.77. The van der Waals surface area contributed by atoms with Crippen molar-refractivity contribution in [1.82, 2.24) is 4.98 Å². The molecule has 0 spiro atoms. The van der Waals surface area contributed by atoms with Crippen molar-refractivity contribution in [2.45, 2.75) is 31.0 Å². The Bertz CT molecular complexity index is 778. The molecule has 0 N–H and O–H groups in total. The molecule has 1 aromatic carbocycles. The molecular weight excluding hydrogens is 341 g/mol. The van der Waals surface area contributed by atoms with Crippen LogP contribution >= 0.6 is 11.6 Å². The van der Waals surface area contributed by atoms with E-state index >= 15 is 0 Å². The van der Waals surface area contributed by atoms with Gasteiger partial charge in [0.05, 0.1) is 11.7 Å². The number of hydrogen-bond acceptors (Lipinski definition) is 3. The summed E-state index contributed by atoms with van der Waals surface area (Å²) in [5, 5.41) is 9.04. The molecule has 3 nitrogen and oxygen atoms in total. The lowest BCUT2D eigenvalue weighted by Crippen LogP contribution is -2.32. The van der Waals surface area contributed by atoms with E-state index in [4.69, 9.17) is 21.6 Å². The fraction of sp³-hybridized carbons (Fsp3) is 0.294. The number of halogens is 4. The van der Waals surface area contributed by atoms with Crippen LogP contribution in [-0.2, 0) is 6.18 Å². The Labute approximate surface area is 141 Å². The number of nitriles is 1. The zero-order valence-electron chi connectivity index (χ0n) is 12.3. The summed E-state index contributed by atoms with van der Waals surface area (Å²) < 4.78 is 43.4. The van der Waals surface area contributed by atoms with Crippen LogP contribution in [-0.4, -0.2) is 11.1 Å². The molecule has 0 unspecified atom stereocenters. The van der Waals surface area contributed by atoms with E-state index in [1.54, 1.807) is 0 Å². The first-order chi connectivity index (χ1) is 11.3. The molecular formula is C17H12ClF3N2O. The lowest BCUT2D eigenvalue weighted by Gasteiger charge is -2.35. The first-order valence-corrected chi connectivity index (χ1v) is 7.64. The summed E-state index contributed by atoms with van der Waals surface area (Å²) in [5.41, 5.74) is 0.401. The summed E-state index contributed by atoms with van der Waals surface area (Å²) in [6.07, 6.45) is -2.97. The molecule has 0 saturated heterocycles. The van der Waals surface area contributed by atoms with Crippen LogP contribution in [0.25, 0.3) is 0 Å². The number of pyridine rings is 1. The van der Waals surface area contributed by atoms with Gasteiger partial charge in [0.1, 0.15) is 22.7 Å². The molecule has 2 aromatic rings. The van der Waals surface area contributed by atoms with Crippen LogP contribution in [0, 0.1) is 11.3 Å². The highest BCUT2D eigenvalue weighted by atomic mass is 35.5. The maximum Gasteiger partial charge on any atom is 0.416 e. The van der Waals surface area contributed by atoms with E-state index in [9.17, 15) is 13.2 Å². The topological polar surface area (TPSA) is 45.9 Å². The van der Waals surface area contributed by atoms with Crippen molar-refractivity contribution >= 4 is 11.6 Å². The first kappa shape index (κ1) is 16.6. The third-order valence-electron chi connectivity index (χ3n) is 3.99. The molecule has 1 saturated carbocycles. The molecule has 0 aliphatic heterocycles. The van der Waals surface area contributed by atoms with Gasteiger partial charge < -0.3 is 4.74 Å². The zero-order chi connectivity index (χ0) is 17.3. The molecule has 7 heteroatoms. The molecule has 1 aliphatic rings. The fourth-order valence-electron chi connectivity index (χ4n) is 2.67. The van der Waals surface area contributed by atoms with Gasteiger partial charge in [0.25, 0.3) is 0 Å². The van der Waals surface area contributed by atoms with E-state index in [1.165, 1.54) is 24.3 Å². The van der Waals surface area contributed by atoms with Crippen LogP contribution in [0.2, 0.25) is 5.15 Å². The molecule has 0 atom stereocenters. The smallest absolute Gasteiger partial charge is 0.416 e. The minimum Gasteiger partial charge on any atom is -0.490 e. The first-order valence-electron chi connectivity index (χ1n) is 7.26. The molecule has 0 radical (unpaired) electrons. The number of aromatic nitrogens is 1. The van der Waals surface area contributed by atoms with Crippen LogP contribution in [0.3, 0.4) is 0 Å². The molecule has 124 valence electrons. The van der Waals surface area contributed by atoms with Gasteiger partial charge in [-0.2, -0.15) is 18.4 Å². The van der Waals surface area contributed by atoms with Crippen LogP contribution in [0.1, 0.15) is 35.6 Å². The summed E-state index contributed by atoms with van der Waals surface area (Å²) in [6, 6.07) is 10.2. The predicted octanol–water partition coefficient (Wildman–Crippen LogP) is 4.95. The van der Waals surface area contributed by atoms with Gasteiger partial charge in [0, 0.05) is 12.1 Å². The highest BCUT2D eigenvalue weighted by molar-refractivity contribution is 6.29. The van der Waals surface area contributed by atoms with Gasteiger partial charge >= 0.3 is 6.18 Å². The highest BCUT2D eigenvalue weighted by Crippen LogP contribution is 2.40. The van der Waals surface area contributed by atoms with Crippen molar-refractivity contribution in [1.29, 1.82) is 5.26 Å². The quantitative estimate of drug-likeness (QED) is 0.734. The third-order valence-corrected chi connectivity index (χ3v) is 4.18. The molecule has 24 heavy (non-hydrogen) atoms. The summed E-state index contributed by atoms with van der Waals surface area (Å²) >= 11 is 5.82. The summed E-state index contributed by atoms with van der Waals surface area (Å²) in [5.74, 6) is 0.646. The monoisotopic (exact) mass is 352 g/mol. The maximum absolute atomic E-state index is 12.6. The van der Waals surface area contributed by atoms with Gasteiger partial charge in [-0.1, -0.05) is 23.7 Å². The Hall–Kier alpha value is -2.26. The second-order valence-corrected chi connectivity index (χ2v) is 6.04. The molecule has 1 heterocycles. The standard InChI is InChI=1S/C17H12ClF3N2O/c18-16-8-15(7-13(9-22)23-16)24-14-5-11(6-14)10-1-3-12(4-2-10)17(19,20)21/h1-4,7-8,11,14H,5-6H2/t11-,14-. The predicted molar refractivity (Wildman–Crippen MR) is 81.8 cm³/mol. The van der Waals surface area contributed by atoms with Crippen molar-refractivity contribution in [3.05, 3.63) is 58.4 Å². The lowest BCUT2D eigenvalue weighted by molar-refractivity contribution is -0.137. The highest BCUT2D eigenvalue weighted by Gasteiger charge is 2.34. The Balaban J connectivity index is 1.60. The summed E-state index contributed by atoms with van der Waals surface area (Å²) in [4.78, 5) is 3.83. The van der Waals surface area contributed by atoms with Crippen molar-refractivity contribution in [2.24, 2.45) is 0 Å². The van der Waals surface area contributed by atoms with Crippen molar-refractivity contribution in [3.63, 3.8) is 0 Å². The Morgan fingerprint density at radius 3 is 2.42 bits per heavy atom. The summed E-state index contributed by atoms with van der Waals surface area (Å²) in [6.45, 7) is 0. The van der Waals surface area contributed by atoms with Gasteiger partial charge in [-0.05, 0) is 36.5 Å². The maximum atomic E-state index is 12.6.